The van der Waals surface area contributed by atoms with Crippen LogP contribution >= 0.6 is 27.3 Å². The van der Waals surface area contributed by atoms with E-state index in [2.05, 4.69) is 15.9 Å². The van der Waals surface area contributed by atoms with Gasteiger partial charge in [0.15, 0.2) is 0 Å². The highest BCUT2D eigenvalue weighted by molar-refractivity contribution is 9.10. The van der Waals surface area contributed by atoms with E-state index in [9.17, 15) is 5.11 Å². The summed E-state index contributed by atoms with van der Waals surface area (Å²) in [6, 6.07) is 9.66. The summed E-state index contributed by atoms with van der Waals surface area (Å²) >= 11 is 5.14. The molecular weight excluding hydrogens is 312 g/mol. The smallest absolute Gasteiger partial charge is 0.125 e. The maximum absolute atomic E-state index is 9.94. The molecule has 0 saturated carbocycles. The Morgan fingerprint density at radius 1 is 1.33 bits per heavy atom. The number of aliphatic hydroxyl groups is 1. The highest BCUT2D eigenvalue weighted by Crippen LogP contribution is 2.29. The second-order valence-corrected chi connectivity index (χ2v) is 5.80. The molecule has 2 rings (SSSR count). The first-order valence-electron chi connectivity index (χ1n) is 5.84. The maximum atomic E-state index is 9.94. The van der Waals surface area contributed by atoms with Crippen molar-refractivity contribution >= 4 is 27.3 Å². The molecule has 0 aliphatic carbocycles. The molecule has 0 saturated heterocycles. The minimum Gasteiger partial charge on any atom is -0.488 e. The highest BCUT2D eigenvalue weighted by atomic mass is 79.9. The van der Waals surface area contributed by atoms with Gasteiger partial charge in [-0.05, 0) is 39.9 Å². The van der Waals surface area contributed by atoms with Crippen molar-refractivity contribution in [1.82, 2.24) is 0 Å². The van der Waals surface area contributed by atoms with Crippen molar-refractivity contribution in [2.24, 2.45) is 0 Å². The largest absolute Gasteiger partial charge is 0.488 e. The topological polar surface area (TPSA) is 29.5 Å². The van der Waals surface area contributed by atoms with E-state index in [1.807, 2.05) is 42.6 Å². The molecule has 0 fully saturated rings. The van der Waals surface area contributed by atoms with Gasteiger partial charge in [-0.1, -0.05) is 25.1 Å². The molecule has 0 radical (unpaired) electrons. The molecule has 1 aromatic carbocycles. The molecule has 2 nitrogen and oxygen atoms in total. The van der Waals surface area contributed by atoms with Gasteiger partial charge in [-0.25, -0.2) is 0 Å². The van der Waals surface area contributed by atoms with Crippen LogP contribution in [0.5, 0.6) is 5.75 Å². The fraction of sp³-hybridized carbons (Fsp3) is 0.286. The molecule has 1 heterocycles. The number of rotatable bonds is 5. The molecule has 1 unspecified atom stereocenters. The summed E-state index contributed by atoms with van der Waals surface area (Å²) < 4.78 is 6.88. The Morgan fingerprint density at radius 3 is 2.78 bits per heavy atom. The van der Waals surface area contributed by atoms with Gasteiger partial charge in [0.1, 0.15) is 12.4 Å². The number of ether oxygens (including phenoxy) is 1. The van der Waals surface area contributed by atoms with Gasteiger partial charge in [0, 0.05) is 10.0 Å². The molecule has 4 heteroatoms. The molecule has 0 aliphatic rings. The van der Waals surface area contributed by atoms with Gasteiger partial charge in [0.05, 0.1) is 11.0 Å². The number of hydrogen-bond acceptors (Lipinski definition) is 3. The first-order chi connectivity index (χ1) is 8.72. The van der Waals surface area contributed by atoms with Crippen molar-refractivity contribution in [2.75, 3.05) is 0 Å². The van der Waals surface area contributed by atoms with Crippen molar-refractivity contribution in [1.29, 1.82) is 0 Å². The first-order valence-corrected chi connectivity index (χ1v) is 7.51. The Morgan fingerprint density at radius 2 is 2.11 bits per heavy atom. The SMILES string of the molecule is CCC(O)c1ccccc1OCc1sccc1Br. The van der Waals surface area contributed by atoms with Gasteiger partial charge in [0.2, 0.25) is 0 Å². The fourth-order valence-electron chi connectivity index (χ4n) is 1.68. The average Bonchev–Trinajstić information content (AvgIpc) is 2.81. The van der Waals surface area contributed by atoms with E-state index < -0.39 is 6.10 Å². The monoisotopic (exact) mass is 326 g/mol. The van der Waals surface area contributed by atoms with E-state index >= 15 is 0 Å². The number of halogens is 1. The van der Waals surface area contributed by atoms with Crippen LogP contribution in [0.1, 0.15) is 29.9 Å². The van der Waals surface area contributed by atoms with Crippen LogP contribution in [0.4, 0.5) is 0 Å². The molecule has 1 atom stereocenters. The number of thiophene rings is 1. The fourth-order valence-corrected chi connectivity index (χ4v) is 3.06. The van der Waals surface area contributed by atoms with Crippen molar-refractivity contribution in [3.8, 4) is 5.75 Å². The summed E-state index contributed by atoms with van der Waals surface area (Å²) in [6.45, 7) is 2.48. The van der Waals surface area contributed by atoms with E-state index in [1.54, 1.807) is 11.3 Å². The van der Waals surface area contributed by atoms with Crippen molar-refractivity contribution < 1.29 is 9.84 Å². The van der Waals surface area contributed by atoms with Crippen LogP contribution < -0.4 is 4.74 Å². The van der Waals surface area contributed by atoms with E-state index in [0.717, 1.165) is 20.7 Å². The molecule has 0 bridgehead atoms. The number of benzene rings is 1. The molecule has 0 amide bonds. The van der Waals surface area contributed by atoms with Crippen LogP contribution in [0.3, 0.4) is 0 Å². The number of hydrogen-bond donors (Lipinski definition) is 1. The van der Waals surface area contributed by atoms with Gasteiger partial charge in [-0.15, -0.1) is 11.3 Å². The average molecular weight is 327 g/mol. The van der Waals surface area contributed by atoms with Crippen LogP contribution in [-0.2, 0) is 6.61 Å². The lowest BCUT2D eigenvalue weighted by Crippen LogP contribution is -2.01. The summed E-state index contributed by atoms with van der Waals surface area (Å²) in [4.78, 5) is 1.15. The Bertz CT molecular complexity index is 510. The second kappa shape index (κ2) is 6.36. The molecule has 96 valence electrons. The van der Waals surface area contributed by atoms with Crippen LogP contribution in [0.15, 0.2) is 40.2 Å². The second-order valence-electron chi connectivity index (χ2n) is 3.94. The van der Waals surface area contributed by atoms with E-state index in [4.69, 9.17) is 4.74 Å². The summed E-state index contributed by atoms with van der Waals surface area (Å²) in [5.74, 6) is 0.757. The van der Waals surface area contributed by atoms with Crippen LogP contribution in [0.25, 0.3) is 0 Å². The van der Waals surface area contributed by atoms with Crippen molar-refractivity contribution in [3.05, 3.63) is 50.6 Å². The van der Waals surface area contributed by atoms with Crippen molar-refractivity contribution in [3.63, 3.8) is 0 Å². The lowest BCUT2D eigenvalue weighted by molar-refractivity contribution is 0.166. The lowest BCUT2D eigenvalue weighted by atomic mass is 10.1. The lowest BCUT2D eigenvalue weighted by Gasteiger charge is -2.14. The zero-order valence-corrected chi connectivity index (χ0v) is 12.5. The minimum atomic E-state index is -0.465. The Balaban J connectivity index is 2.12. The zero-order valence-electron chi connectivity index (χ0n) is 10.1. The van der Waals surface area contributed by atoms with Crippen molar-refractivity contribution in [2.45, 2.75) is 26.1 Å². The number of para-hydroxylation sites is 1. The summed E-state index contributed by atoms with van der Waals surface area (Å²) in [5.41, 5.74) is 0.854. The minimum absolute atomic E-state index is 0.465. The summed E-state index contributed by atoms with van der Waals surface area (Å²) in [6.07, 6.45) is 0.219. The van der Waals surface area contributed by atoms with Gasteiger partial charge in [0.25, 0.3) is 0 Å². The van der Waals surface area contributed by atoms with Crippen LogP contribution in [0.2, 0.25) is 0 Å². The quantitative estimate of drug-likeness (QED) is 0.874. The predicted molar refractivity (Wildman–Crippen MR) is 78.0 cm³/mol. The van der Waals surface area contributed by atoms with Gasteiger partial charge in [-0.2, -0.15) is 0 Å². The van der Waals surface area contributed by atoms with Crippen LogP contribution in [-0.4, -0.2) is 5.11 Å². The molecule has 0 spiro atoms. The summed E-state index contributed by atoms with van der Waals surface area (Å²) in [7, 11) is 0. The normalized spacial score (nSPS) is 12.4. The van der Waals surface area contributed by atoms with E-state index in [1.165, 1.54) is 0 Å². The predicted octanol–water partition coefficient (Wildman–Crippen LogP) is 4.53. The Hall–Kier alpha value is -0.840. The molecule has 1 aromatic heterocycles. The van der Waals surface area contributed by atoms with Gasteiger partial charge < -0.3 is 9.84 Å². The van der Waals surface area contributed by atoms with E-state index in [0.29, 0.717) is 13.0 Å². The third-order valence-corrected chi connectivity index (χ3v) is 4.61. The van der Waals surface area contributed by atoms with Crippen LogP contribution in [0, 0.1) is 0 Å². The standard InChI is InChI=1S/C14H15BrO2S/c1-2-12(16)10-5-3-4-6-13(10)17-9-14-11(15)7-8-18-14/h3-8,12,16H,2,9H2,1H3. The van der Waals surface area contributed by atoms with E-state index in [-0.39, 0.29) is 0 Å². The molecule has 2 aromatic rings. The Kier molecular flexibility index (Phi) is 4.80. The molecular formula is C14H15BrO2S. The highest BCUT2D eigenvalue weighted by Gasteiger charge is 2.11. The first kappa shape index (κ1) is 13.6. The molecule has 1 N–H and O–H groups in total. The number of aliphatic hydroxyl groups excluding tert-OH is 1. The molecule has 18 heavy (non-hydrogen) atoms. The Labute approximate surface area is 119 Å². The third-order valence-electron chi connectivity index (χ3n) is 2.71. The summed E-state index contributed by atoms with van der Waals surface area (Å²) in [5, 5.41) is 12.0. The maximum Gasteiger partial charge on any atom is 0.125 e. The van der Waals surface area contributed by atoms with Gasteiger partial charge >= 0.3 is 0 Å². The van der Waals surface area contributed by atoms with Gasteiger partial charge in [-0.3, -0.25) is 0 Å². The molecule has 0 aliphatic heterocycles. The zero-order chi connectivity index (χ0) is 13.0. The third kappa shape index (κ3) is 3.13.